The Hall–Kier alpha value is -10.2. The van der Waals surface area contributed by atoms with Gasteiger partial charge < -0.3 is 143 Å². The van der Waals surface area contributed by atoms with Crippen LogP contribution in [0.1, 0.15) is 45.6 Å². The predicted octanol–water partition coefficient (Wildman–Crippen LogP) is 7.59. The maximum Gasteiger partial charge on any atom is 0.134 e. The number of rotatable bonds is 86. The third-order valence-corrected chi connectivity index (χ3v) is 20.3. The van der Waals surface area contributed by atoms with Crippen LogP contribution in [0.15, 0.2) is 97.6 Å². The highest BCUT2D eigenvalue weighted by Gasteiger charge is 2.25. The van der Waals surface area contributed by atoms with Gasteiger partial charge in [0.2, 0.25) is 0 Å². The molecule has 0 saturated carbocycles. The fourth-order valence-corrected chi connectivity index (χ4v) is 13.4. The topological polar surface area (TPSA) is 439 Å². The van der Waals surface area contributed by atoms with E-state index in [0.717, 1.165) is 11.0 Å². The normalized spacial score (nSPS) is 12.0. The van der Waals surface area contributed by atoms with E-state index in [1.165, 1.54) is 0 Å². The van der Waals surface area contributed by atoms with Crippen LogP contribution in [0.2, 0.25) is 0 Å². The maximum atomic E-state index is 6.86. The predicted molar refractivity (Wildman–Crippen MR) is 511 cm³/mol. The Labute approximate surface area is 815 Å². The van der Waals surface area contributed by atoms with E-state index in [1.807, 2.05) is 122 Å². The SMILES string of the molecule is COCCOCCOCCOCCOCCOCCn1cc(COc2cccc(OCc3cn(CCOCCOCCOCCOCCOCCOC)nn3)c2-c2c3nc(cc4ccc([nH]4)c(-c4c(OCc5cn(CCOCCOCCOCCOCCOCCOC)nn5)cccc4OCc4cn(CCOCCOCCOCCOCCOCCOC)nn4)c4nc(cc5ccc2[nH]5)C=C4)C=C3)nn1. The molecule has 8 bridgehead atoms. The van der Waals surface area contributed by atoms with E-state index in [9.17, 15) is 0 Å². The highest BCUT2D eigenvalue weighted by molar-refractivity contribution is 5.97. The van der Waals surface area contributed by atoms with Crippen molar-refractivity contribution in [3.63, 3.8) is 0 Å². The first-order valence-electron chi connectivity index (χ1n) is 47.3. The molecule has 0 spiro atoms. The van der Waals surface area contributed by atoms with Crippen LogP contribution < -0.4 is 18.9 Å². The highest BCUT2D eigenvalue weighted by Crippen LogP contribution is 2.45. The fourth-order valence-electron chi connectivity index (χ4n) is 13.4. The molecule has 0 amide bonds. The Kier molecular flexibility index (Phi) is 54.9. The Bertz CT molecular complexity index is 4530. The minimum absolute atomic E-state index is 0.0432. The van der Waals surface area contributed by atoms with Gasteiger partial charge in [-0.05, 0) is 85.0 Å². The van der Waals surface area contributed by atoms with E-state index >= 15 is 0 Å². The molecular weight excluding hydrogens is 1830 g/mol. The van der Waals surface area contributed by atoms with Crippen molar-refractivity contribution in [2.24, 2.45) is 0 Å². The van der Waals surface area contributed by atoms with Gasteiger partial charge in [-0.1, -0.05) is 33.0 Å². The van der Waals surface area contributed by atoms with Gasteiger partial charge in [0, 0.05) is 61.6 Å². The van der Waals surface area contributed by atoms with Gasteiger partial charge in [0.05, 0.1) is 376 Å². The summed E-state index contributed by atoms with van der Waals surface area (Å²) in [6.45, 7) is 22.1. The third-order valence-electron chi connectivity index (χ3n) is 20.3. The number of aromatic amines is 2. The van der Waals surface area contributed by atoms with Crippen LogP contribution in [-0.2, 0) is 166 Å². The average molecular weight is 1960 g/mol. The Morgan fingerprint density at radius 2 is 0.436 bits per heavy atom. The zero-order valence-corrected chi connectivity index (χ0v) is 81.0. The molecule has 9 aromatic rings. The summed E-state index contributed by atoms with van der Waals surface area (Å²) in [5, 5.41) is 35.7. The molecule has 0 radical (unpaired) electrons. The minimum atomic E-state index is 0.0432. The van der Waals surface area contributed by atoms with E-state index < -0.39 is 0 Å². The third kappa shape index (κ3) is 43.3. The van der Waals surface area contributed by atoms with Crippen LogP contribution in [0.4, 0.5) is 0 Å². The molecule has 2 aliphatic rings. The fraction of sp³-hybridized carbons (Fsp3) is 0.583. The second-order valence-corrected chi connectivity index (χ2v) is 30.7. The first-order chi connectivity index (χ1) is 69.4. The summed E-state index contributed by atoms with van der Waals surface area (Å²) in [5.41, 5.74) is 10.2. The number of methoxy groups -OCH3 is 4. The molecule has 7 aromatic heterocycles. The van der Waals surface area contributed by atoms with E-state index in [2.05, 4.69) is 51.2 Å². The standard InChI is InChI=1S/C96H138N16O28/c1-113-27-31-121-43-47-129-59-63-133-55-51-125-39-35-117-23-19-109-69-81(101-105-109)73-137-89-7-5-8-90(138-74-82-70-110(106-102-82)20-24-118-36-40-126-52-56-134-64-60-130-48-44-122-32-28-114-2)95(89)93-85-15-11-77(97-85)67-79-13-17-87(99-79)94(88-18-14-80(100-88)68-78-12-16-86(93)98-78)96-91(139-75-83-71-111(107-103-83)21-25-119-37-41-127-53-57-135-65-61-131-49-45-123-33-29-115-3)9-6-10-92(96)140-76-84-72-112(108-104-84)22-26-120-38-42-128-54-58-136-66-62-132-50-46-124-34-30-116-4/h5-18,67-72,97,100H,19-66,73-76H2,1-4H3. The van der Waals surface area contributed by atoms with Gasteiger partial charge in [0.25, 0.3) is 0 Å². The van der Waals surface area contributed by atoms with Crippen molar-refractivity contribution in [2.75, 3.05) is 319 Å². The number of nitrogens with zero attached hydrogens (tertiary/aromatic N) is 14. The summed E-state index contributed by atoms with van der Waals surface area (Å²) in [5.74, 6) is 1.89. The van der Waals surface area contributed by atoms with E-state index in [-0.39, 0.29) is 26.4 Å². The van der Waals surface area contributed by atoms with Crippen molar-refractivity contribution in [3.05, 3.63) is 143 Å². The lowest BCUT2D eigenvalue weighted by molar-refractivity contribution is -0.0151. The molecule has 2 aromatic carbocycles. The summed E-state index contributed by atoms with van der Waals surface area (Å²) >= 11 is 0. The van der Waals surface area contributed by atoms with E-state index in [0.29, 0.717) is 419 Å². The smallest absolute Gasteiger partial charge is 0.134 e. The number of ether oxygens (including phenoxy) is 28. The molecule has 0 aliphatic carbocycles. The van der Waals surface area contributed by atoms with Gasteiger partial charge in [-0.3, -0.25) is 0 Å². The van der Waals surface area contributed by atoms with Crippen molar-refractivity contribution in [1.82, 2.24) is 79.9 Å². The van der Waals surface area contributed by atoms with E-state index in [1.54, 1.807) is 47.2 Å². The molecule has 11 rings (SSSR count). The summed E-state index contributed by atoms with van der Waals surface area (Å²) in [4.78, 5) is 18.2. The molecular formula is C96H138N16O28. The van der Waals surface area contributed by atoms with Crippen LogP contribution >= 0.6 is 0 Å². The number of H-pyrrole nitrogens is 2. The van der Waals surface area contributed by atoms with Crippen LogP contribution in [0.5, 0.6) is 23.0 Å². The van der Waals surface area contributed by atoms with Crippen LogP contribution in [-0.4, -0.2) is 399 Å². The maximum absolute atomic E-state index is 6.86. The summed E-state index contributed by atoms with van der Waals surface area (Å²) in [6.07, 6.45) is 15.2. The Morgan fingerprint density at radius 1 is 0.229 bits per heavy atom. The summed E-state index contributed by atoms with van der Waals surface area (Å²) < 4.78 is 167. The van der Waals surface area contributed by atoms with Crippen molar-refractivity contribution in [1.29, 1.82) is 0 Å². The number of hydrogen-bond donors (Lipinski definition) is 2. The lowest BCUT2D eigenvalue weighted by Crippen LogP contribution is -2.14. The molecule has 44 nitrogen and oxygen atoms in total. The number of fused-ring (bicyclic) bond motifs is 8. The second kappa shape index (κ2) is 69.7. The van der Waals surface area contributed by atoms with Crippen molar-refractivity contribution in [3.8, 4) is 45.3 Å². The molecule has 9 heterocycles. The summed E-state index contributed by atoms with van der Waals surface area (Å²) in [6, 6.07) is 23.3. The molecule has 770 valence electrons. The zero-order valence-electron chi connectivity index (χ0n) is 81.0. The number of nitrogens with one attached hydrogen (secondary N) is 2. The molecule has 0 atom stereocenters. The van der Waals surface area contributed by atoms with Gasteiger partial charge in [-0.25, -0.2) is 28.7 Å². The molecule has 0 unspecified atom stereocenters. The van der Waals surface area contributed by atoms with Gasteiger partial charge in [0.1, 0.15) is 72.2 Å². The molecule has 2 N–H and O–H groups in total. The quantitative estimate of drug-likeness (QED) is 0.0346. The molecule has 0 saturated heterocycles. The number of aromatic nitrogens is 16. The van der Waals surface area contributed by atoms with Crippen molar-refractivity contribution >= 4 is 46.4 Å². The van der Waals surface area contributed by atoms with Crippen molar-refractivity contribution < 1.29 is 133 Å². The van der Waals surface area contributed by atoms with Gasteiger partial charge in [0.15, 0.2) is 0 Å². The Balaban J connectivity index is 0.782. The monoisotopic (exact) mass is 1960 g/mol. The van der Waals surface area contributed by atoms with Crippen LogP contribution in [0.3, 0.4) is 0 Å². The van der Waals surface area contributed by atoms with Crippen LogP contribution in [0, 0.1) is 0 Å². The molecule has 44 heteroatoms. The Morgan fingerprint density at radius 3 is 0.650 bits per heavy atom. The second-order valence-electron chi connectivity index (χ2n) is 30.7. The zero-order chi connectivity index (χ0) is 97.1. The van der Waals surface area contributed by atoms with E-state index in [4.69, 9.17) is 143 Å². The lowest BCUT2D eigenvalue weighted by atomic mass is 10.0. The minimum Gasteiger partial charge on any atom is -0.486 e. The largest absolute Gasteiger partial charge is 0.486 e. The number of benzene rings is 2. The molecule has 140 heavy (non-hydrogen) atoms. The molecule has 2 aliphatic heterocycles. The lowest BCUT2D eigenvalue weighted by Gasteiger charge is -2.17. The molecule has 0 fully saturated rings. The number of hydrogen-bond acceptors (Lipinski definition) is 38. The van der Waals surface area contributed by atoms with Crippen LogP contribution in [0.25, 0.3) is 68.6 Å². The summed E-state index contributed by atoms with van der Waals surface area (Å²) in [7, 11) is 6.56. The van der Waals surface area contributed by atoms with Gasteiger partial charge in [-0.15, -0.1) is 20.4 Å². The van der Waals surface area contributed by atoms with Gasteiger partial charge in [-0.2, -0.15) is 0 Å². The first kappa shape index (κ1) is 110. The van der Waals surface area contributed by atoms with Gasteiger partial charge >= 0.3 is 0 Å². The highest BCUT2D eigenvalue weighted by atomic mass is 16.6. The average Bonchev–Trinajstić information content (AvgIpc) is 1.35. The van der Waals surface area contributed by atoms with Crippen molar-refractivity contribution in [2.45, 2.75) is 52.6 Å². The first-order valence-corrected chi connectivity index (χ1v) is 47.3.